The normalized spacial score (nSPS) is 11.7. The topological polar surface area (TPSA) is 92.4 Å². The number of nitrogens with zero attached hydrogens (tertiary/aromatic N) is 1. The number of sulfonamides is 1. The molecule has 0 spiro atoms. The van der Waals surface area contributed by atoms with Gasteiger partial charge in [0.2, 0.25) is 10.0 Å². The molecule has 19 heavy (non-hydrogen) atoms. The van der Waals surface area contributed by atoms with Crippen LogP contribution in [0.15, 0.2) is 39.9 Å². The molecule has 0 aliphatic carbocycles. The fraction of sp³-hybridized carbons (Fsp3) is 0.250. The summed E-state index contributed by atoms with van der Waals surface area (Å²) in [7, 11) is -3.65. The Kier molecular flexibility index (Phi) is 3.98. The first-order chi connectivity index (χ1) is 9.03. The van der Waals surface area contributed by atoms with Crippen LogP contribution >= 0.6 is 0 Å². The molecular formula is C12H14N2O4S. The first-order valence-corrected chi connectivity index (χ1v) is 7.11. The average molecular weight is 282 g/mol. The number of aryl methyl sites for hydroxylation is 1. The number of nitrogens with one attached hydrogen (secondary N) is 1. The minimum atomic E-state index is -3.65. The zero-order chi connectivity index (χ0) is 13.9. The summed E-state index contributed by atoms with van der Waals surface area (Å²) in [5.74, 6) is 0.430. The van der Waals surface area contributed by atoms with Gasteiger partial charge in [0.1, 0.15) is 0 Å². The zero-order valence-corrected chi connectivity index (χ0v) is 11.1. The van der Waals surface area contributed by atoms with Gasteiger partial charge in [0, 0.05) is 6.07 Å². The molecule has 0 saturated carbocycles. The first kappa shape index (κ1) is 13.7. The van der Waals surface area contributed by atoms with Crippen LogP contribution < -0.4 is 4.72 Å². The van der Waals surface area contributed by atoms with Crippen molar-refractivity contribution in [2.24, 2.45) is 0 Å². The van der Waals surface area contributed by atoms with E-state index < -0.39 is 10.0 Å². The predicted octanol–water partition coefficient (Wildman–Crippen LogP) is 0.954. The SMILES string of the molecule is Cc1ccc(CO)cc1S(=O)(=O)NCc1ccno1. The molecule has 0 amide bonds. The molecule has 1 heterocycles. The molecule has 102 valence electrons. The number of benzene rings is 1. The molecule has 0 fully saturated rings. The second kappa shape index (κ2) is 5.52. The van der Waals surface area contributed by atoms with Gasteiger partial charge in [-0.1, -0.05) is 17.3 Å². The summed E-state index contributed by atoms with van der Waals surface area (Å²) < 4.78 is 31.6. The molecule has 0 bridgehead atoms. The maximum absolute atomic E-state index is 12.2. The lowest BCUT2D eigenvalue weighted by Gasteiger charge is -2.09. The van der Waals surface area contributed by atoms with E-state index in [1.165, 1.54) is 12.3 Å². The van der Waals surface area contributed by atoms with Crippen LogP contribution in [0.4, 0.5) is 0 Å². The summed E-state index contributed by atoms with van der Waals surface area (Å²) in [6, 6.07) is 6.39. The van der Waals surface area contributed by atoms with Gasteiger partial charge in [-0.05, 0) is 24.1 Å². The minimum Gasteiger partial charge on any atom is -0.392 e. The molecule has 6 nitrogen and oxygen atoms in total. The van der Waals surface area contributed by atoms with Crippen molar-refractivity contribution in [3.8, 4) is 0 Å². The molecule has 1 aromatic heterocycles. The van der Waals surface area contributed by atoms with Gasteiger partial charge < -0.3 is 9.63 Å². The third kappa shape index (κ3) is 3.19. The molecule has 0 atom stereocenters. The van der Waals surface area contributed by atoms with E-state index in [9.17, 15) is 8.42 Å². The van der Waals surface area contributed by atoms with Crippen LogP contribution in [-0.2, 0) is 23.2 Å². The van der Waals surface area contributed by atoms with E-state index in [0.717, 1.165) is 0 Å². The van der Waals surface area contributed by atoms with Gasteiger partial charge in [-0.25, -0.2) is 13.1 Å². The third-order valence-electron chi connectivity index (χ3n) is 2.65. The highest BCUT2D eigenvalue weighted by atomic mass is 32.2. The predicted molar refractivity (Wildman–Crippen MR) is 67.6 cm³/mol. The Morgan fingerprint density at radius 3 is 2.79 bits per heavy atom. The van der Waals surface area contributed by atoms with Gasteiger partial charge in [-0.3, -0.25) is 0 Å². The van der Waals surface area contributed by atoms with Crippen molar-refractivity contribution in [2.75, 3.05) is 0 Å². The summed E-state index contributed by atoms with van der Waals surface area (Å²) in [5, 5.41) is 12.6. The van der Waals surface area contributed by atoms with Crippen molar-refractivity contribution >= 4 is 10.0 Å². The van der Waals surface area contributed by atoms with Crippen LogP contribution in [0.2, 0.25) is 0 Å². The lowest BCUT2D eigenvalue weighted by Crippen LogP contribution is -2.24. The van der Waals surface area contributed by atoms with E-state index >= 15 is 0 Å². The Balaban J connectivity index is 2.23. The highest BCUT2D eigenvalue weighted by molar-refractivity contribution is 7.89. The van der Waals surface area contributed by atoms with Crippen LogP contribution in [0.25, 0.3) is 0 Å². The van der Waals surface area contributed by atoms with Crippen LogP contribution in [0.1, 0.15) is 16.9 Å². The second-order valence-electron chi connectivity index (χ2n) is 4.06. The lowest BCUT2D eigenvalue weighted by atomic mass is 10.2. The summed E-state index contributed by atoms with van der Waals surface area (Å²) in [4.78, 5) is 0.151. The van der Waals surface area contributed by atoms with E-state index in [1.807, 2.05) is 0 Å². The number of aliphatic hydroxyl groups excluding tert-OH is 1. The molecule has 1 aromatic carbocycles. The smallest absolute Gasteiger partial charge is 0.241 e. The summed E-state index contributed by atoms with van der Waals surface area (Å²) in [6.45, 7) is 1.53. The van der Waals surface area contributed by atoms with E-state index in [0.29, 0.717) is 16.9 Å². The Hall–Kier alpha value is -1.70. The molecule has 7 heteroatoms. The fourth-order valence-electron chi connectivity index (χ4n) is 1.61. The Labute approximate surface area is 111 Å². The van der Waals surface area contributed by atoms with Crippen molar-refractivity contribution < 1.29 is 18.0 Å². The van der Waals surface area contributed by atoms with E-state index in [1.54, 1.807) is 25.1 Å². The molecule has 0 saturated heterocycles. The maximum atomic E-state index is 12.2. The van der Waals surface area contributed by atoms with Gasteiger partial charge in [-0.15, -0.1) is 0 Å². The van der Waals surface area contributed by atoms with Crippen LogP contribution in [0.3, 0.4) is 0 Å². The highest BCUT2D eigenvalue weighted by Gasteiger charge is 2.17. The fourth-order valence-corrected chi connectivity index (χ4v) is 2.90. The molecular weight excluding hydrogens is 268 g/mol. The maximum Gasteiger partial charge on any atom is 0.241 e. The average Bonchev–Trinajstić information content (AvgIpc) is 2.90. The summed E-state index contributed by atoms with van der Waals surface area (Å²) >= 11 is 0. The minimum absolute atomic E-state index is 0.0329. The first-order valence-electron chi connectivity index (χ1n) is 5.62. The van der Waals surface area contributed by atoms with E-state index in [-0.39, 0.29) is 18.0 Å². The molecule has 0 radical (unpaired) electrons. The summed E-state index contributed by atoms with van der Waals surface area (Å²) in [5.41, 5.74) is 1.16. The molecule has 0 aliphatic rings. The number of aliphatic hydroxyl groups is 1. The van der Waals surface area contributed by atoms with Gasteiger partial charge in [0.15, 0.2) is 5.76 Å². The van der Waals surface area contributed by atoms with Crippen molar-refractivity contribution in [2.45, 2.75) is 25.0 Å². The van der Waals surface area contributed by atoms with Gasteiger partial charge in [-0.2, -0.15) is 0 Å². The van der Waals surface area contributed by atoms with Crippen LogP contribution in [0.5, 0.6) is 0 Å². The standard InChI is InChI=1S/C12H14N2O4S/c1-9-2-3-10(8-15)6-12(9)19(16,17)14-7-11-4-5-13-18-11/h2-6,14-15H,7-8H2,1H3. The highest BCUT2D eigenvalue weighted by Crippen LogP contribution is 2.17. The number of hydrogen-bond acceptors (Lipinski definition) is 5. The van der Waals surface area contributed by atoms with Crippen molar-refractivity contribution in [3.63, 3.8) is 0 Å². The Morgan fingerprint density at radius 2 is 2.16 bits per heavy atom. The Morgan fingerprint density at radius 1 is 1.37 bits per heavy atom. The van der Waals surface area contributed by atoms with Gasteiger partial charge in [0.05, 0.1) is 24.2 Å². The van der Waals surface area contributed by atoms with Crippen molar-refractivity contribution in [1.29, 1.82) is 0 Å². The molecule has 2 aromatic rings. The summed E-state index contributed by atoms with van der Waals surface area (Å²) in [6.07, 6.45) is 1.45. The van der Waals surface area contributed by atoms with E-state index in [2.05, 4.69) is 9.88 Å². The Bertz CT molecular complexity index is 650. The van der Waals surface area contributed by atoms with Gasteiger partial charge in [0.25, 0.3) is 0 Å². The molecule has 2 rings (SSSR count). The largest absolute Gasteiger partial charge is 0.392 e. The third-order valence-corrected chi connectivity index (χ3v) is 4.20. The monoisotopic (exact) mass is 282 g/mol. The lowest BCUT2D eigenvalue weighted by molar-refractivity contribution is 0.281. The number of aromatic nitrogens is 1. The van der Waals surface area contributed by atoms with E-state index in [4.69, 9.17) is 9.63 Å². The second-order valence-corrected chi connectivity index (χ2v) is 5.80. The quantitative estimate of drug-likeness (QED) is 0.852. The van der Waals surface area contributed by atoms with Crippen LogP contribution in [-0.4, -0.2) is 18.7 Å². The molecule has 2 N–H and O–H groups in total. The van der Waals surface area contributed by atoms with Crippen LogP contribution in [0, 0.1) is 6.92 Å². The van der Waals surface area contributed by atoms with Crippen molar-refractivity contribution in [3.05, 3.63) is 47.3 Å². The molecule has 0 unspecified atom stereocenters. The number of hydrogen-bond donors (Lipinski definition) is 2. The molecule has 0 aliphatic heterocycles. The number of rotatable bonds is 5. The van der Waals surface area contributed by atoms with Crippen molar-refractivity contribution in [1.82, 2.24) is 9.88 Å². The zero-order valence-electron chi connectivity index (χ0n) is 10.3. The van der Waals surface area contributed by atoms with Gasteiger partial charge >= 0.3 is 0 Å².